The van der Waals surface area contributed by atoms with Crippen LogP contribution in [0.3, 0.4) is 0 Å². The largest absolute Gasteiger partial charge is 0.451 e. The third-order valence-electron chi connectivity index (χ3n) is 5.05. The maximum Gasteiger partial charge on any atom is 0.290 e. The number of carbonyl (C=O) groups is 1. The van der Waals surface area contributed by atoms with Crippen LogP contribution in [-0.2, 0) is 24.3 Å². The minimum absolute atomic E-state index is 0.0101. The van der Waals surface area contributed by atoms with Crippen LogP contribution in [0.5, 0.6) is 0 Å². The number of methoxy groups -OCH3 is 1. The van der Waals surface area contributed by atoms with Gasteiger partial charge in [0.15, 0.2) is 11.6 Å². The normalized spacial score (nSPS) is 17.3. The lowest BCUT2D eigenvalue weighted by Gasteiger charge is -2.26. The average Bonchev–Trinajstić information content (AvgIpc) is 3.11. The Morgan fingerprint density at radius 2 is 2.12 bits per heavy atom. The van der Waals surface area contributed by atoms with E-state index in [1.165, 1.54) is 0 Å². The van der Waals surface area contributed by atoms with Gasteiger partial charge >= 0.3 is 0 Å². The number of amides is 1. The van der Waals surface area contributed by atoms with Gasteiger partial charge in [0.1, 0.15) is 18.0 Å². The van der Waals surface area contributed by atoms with Crippen LogP contribution >= 0.6 is 0 Å². The lowest BCUT2D eigenvalue weighted by Crippen LogP contribution is -2.40. The van der Waals surface area contributed by atoms with Crippen molar-refractivity contribution in [2.75, 3.05) is 13.7 Å². The lowest BCUT2D eigenvalue weighted by molar-refractivity contribution is 0.0663. The fourth-order valence-electron chi connectivity index (χ4n) is 3.63. The summed E-state index contributed by atoms with van der Waals surface area (Å²) in [7, 11) is 1.64. The van der Waals surface area contributed by atoms with E-state index in [0.29, 0.717) is 31.9 Å². The highest BCUT2D eigenvalue weighted by Crippen LogP contribution is 2.27. The number of fused-ring (bicyclic) bond motifs is 2. The van der Waals surface area contributed by atoms with E-state index in [2.05, 4.69) is 14.8 Å². The minimum atomic E-state index is -0.0711. The van der Waals surface area contributed by atoms with Gasteiger partial charge in [-0.3, -0.25) is 4.79 Å². The van der Waals surface area contributed by atoms with E-state index in [-0.39, 0.29) is 11.9 Å². The molecule has 1 aromatic carbocycles. The van der Waals surface area contributed by atoms with Crippen LogP contribution in [0.25, 0.3) is 11.0 Å². The van der Waals surface area contributed by atoms with Crippen LogP contribution < -0.4 is 0 Å². The summed E-state index contributed by atoms with van der Waals surface area (Å²) in [6.45, 7) is 5.62. The molecule has 2 aromatic heterocycles. The number of aromatic nitrogens is 3. The van der Waals surface area contributed by atoms with Gasteiger partial charge in [-0.25, -0.2) is 0 Å². The van der Waals surface area contributed by atoms with Gasteiger partial charge < -0.3 is 18.6 Å². The van der Waals surface area contributed by atoms with Crippen LogP contribution in [0.1, 0.15) is 34.7 Å². The van der Waals surface area contributed by atoms with Crippen molar-refractivity contribution < 1.29 is 13.9 Å². The highest BCUT2D eigenvalue weighted by atomic mass is 16.5. The third-order valence-corrected chi connectivity index (χ3v) is 5.05. The van der Waals surface area contributed by atoms with E-state index < -0.39 is 0 Å². The number of ether oxygens (including phenoxy) is 1. The Morgan fingerprint density at radius 3 is 2.88 bits per heavy atom. The Hall–Kier alpha value is -2.67. The van der Waals surface area contributed by atoms with Gasteiger partial charge in [-0.1, -0.05) is 18.2 Å². The number of para-hydroxylation sites is 1. The van der Waals surface area contributed by atoms with Gasteiger partial charge in [0.2, 0.25) is 0 Å². The smallest absolute Gasteiger partial charge is 0.290 e. The third kappa shape index (κ3) is 2.68. The van der Waals surface area contributed by atoms with E-state index in [0.717, 1.165) is 28.2 Å². The van der Waals surface area contributed by atoms with E-state index in [1.807, 2.05) is 43.0 Å². The first kappa shape index (κ1) is 16.8. The first-order chi connectivity index (χ1) is 12.6. The fraction of sp³-hybridized carbons (Fsp3) is 0.421. The molecule has 136 valence electrons. The second-order valence-electron chi connectivity index (χ2n) is 6.72. The molecule has 3 aromatic rings. The zero-order valence-corrected chi connectivity index (χ0v) is 15.2. The van der Waals surface area contributed by atoms with Crippen molar-refractivity contribution in [3.63, 3.8) is 0 Å². The minimum Gasteiger partial charge on any atom is -0.451 e. The summed E-state index contributed by atoms with van der Waals surface area (Å²) < 4.78 is 13.1. The van der Waals surface area contributed by atoms with E-state index in [9.17, 15) is 4.79 Å². The first-order valence-electron chi connectivity index (χ1n) is 8.79. The summed E-state index contributed by atoms with van der Waals surface area (Å²) in [5.74, 6) is 2.04. The number of aryl methyl sites for hydroxylation is 1. The highest BCUT2D eigenvalue weighted by Gasteiger charge is 2.30. The van der Waals surface area contributed by atoms with Gasteiger partial charge in [0.05, 0.1) is 0 Å². The molecule has 0 fully saturated rings. The van der Waals surface area contributed by atoms with Gasteiger partial charge in [0.25, 0.3) is 5.91 Å². The number of hydrogen-bond donors (Lipinski definition) is 0. The number of nitrogens with zero attached hydrogens (tertiary/aromatic N) is 4. The van der Waals surface area contributed by atoms with Gasteiger partial charge in [-0.15, -0.1) is 10.2 Å². The number of rotatable bonds is 3. The molecular formula is C19H22N4O3. The van der Waals surface area contributed by atoms with Crippen molar-refractivity contribution >= 4 is 16.9 Å². The standard InChI is InChI=1S/C19H22N4O3/c1-12-10-16-20-21-17(11-25-3)23(16)9-8-22(12)19(24)18-13(2)14-6-4-5-7-15(14)26-18/h4-7,12H,8-11H2,1-3H3. The second kappa shape index (κ2) is 6.57. The Kier molecular flexibility index (Phi) is 4.24. The molecule has 0 N–H and O–H groups in total. The molecule has 0 saturated carbocycles. The summed E-state index contributed by atoms with van der Waals surface area (Å²) in [5.41, 5.74) is 1.64. The van der Waals surface area contributed by atoms with Crippen LogP contribution in [0.15, 0.2) is 28.7 Å². The topological polar surface area (TPSA) is 73.4 Å². The molecule has 26 heavy (non-hydrogen) atoms. The SMILES string of the molecule is COCc1nnc2n1CCN(C(=O)c1oc3ccccc3c1C)C(C)C2. The average molecular weight is 354 g/mol. The number of carbonyl (C=O) groups excluding carboxylic acids is 1. The second-order valence-corrected chi connectivity index (χ2v) is 6.72. The predicted molar refractivity (Wildman–Crippen MR) is 95.9 cm³/mol. The zero-order valence-electron chi connectivity index (χ0n) is 15.2. The Bertz CT molecular complexity index is 959. The summed E-state index contributed by atoms with van der Waals surface area (Å²) in [4.78, 5) is 15.1. The number of benzene rings is 1. The summed E-state index contributed by atoms with van der Waals surface area (Å²) >= 11 is 0. The van der Waals surface area contributed by atoms with E-state index in [1.54, 1.807) is 7.11 Å². The quantitative estimate of drug-likeness (QED) is 0.723. The van der Waals surface area contributed by atoms with Crippen LogP contribution in [-0.4, -0.2) is 45.3 Å². The number of furan rings is 1. The molecule has 7 nitrogen and oxygen atoms in total. The molecule has 1 aliphatic heterocycles. The maximum absolute atomic E-state index is 13.2. The van der Waals surface area contributed by atoms with Crippen LogP contribution in [0, 0.1) is 6.92 Å². The van der Waals surface area contributed by atoms with E-state index in [4.69, 9.17) is 9.15 Å². The molecule has 1 aliphatic rings. The van der Waals surface area contributed by atoms with Crippen molar-refractivity contribution in [3.8, 4) is 0 Å². The molecule has 7 heteroatoms. The molecule has 0 saturated heterocycles. The summed E-state index contributed by atoms with van der Waals surface area (Å²) in [5, 5.41) is 9.46. The first-order valence-corrected chi connectivity index (χ1v) is 8.79. The number of hydrogen-bond acceptors (Lipinski definition) is 5. The Morgan fingerprint density at radius 1 is 1.31 bits per heavy atom. The summed E-state index contributed by atoms with van der Waals surface area (Å²) in [6, 6.07) is 7.75. The van der Waals surface area contributed by atoms with Crippen molar-refractivity contribution in [2.24, 2.45) is 0 Å². The lowest BCUT2D eigenvalue weighted by atomic mass is 10.1. The van der Waals surface area contributed by atoms with Crippen molar-refractivity contribution in [1.29, 1.82) is 0 Å². The Balaban J connectivity index is 1.63. The summed E-state index contributed by atoms with van der Waals surface area (Å²) in [6.07, 6.45) is 0.654. The molecule has 0 aliphatic carbocycles. The molecule has 1 atom stereocenters. The molecule has 1 unspecified atom stereocenters. The van der Waals surface area contributed by atoms with Crippen molar-refractivity contribution in [3.05, 3.63) is 47.2 Å². The molecular weight excluding hydrogens is 332 g/mol. The van der Waals surface area contributed by atoms with Crippen LogP contribution in [0.2, 0.25) is 0 Å². The van der Waals surface area contributed by atoms with Gasteiger partial charge in [-0.2, -0.15) is 0 Å². The van der Waals surface area contributed by atoms with Gasteiger partial charge in [-0.05, 0) is 19.9 Å². The maximum atomic E-state index is 13.2. The van der Waals surface area contributed by atoms with Crippen LogP contribution in [0.4, 0.5) is 0 Å². The molecule has 1 amide bonds. The van der Waals surface area contributed by atoms with Crippen molar-refractivity contribution in [2.45, 2.75) is 39.5 Å². The fourth-order valence-corrected chi connectivity index (χ4v) is 3.63. The molecule has 0 spiro atoms. The molecule has 3 heterocycles. The molecule has 0 bridgehead atoms. The van der Waals surface area contributed by atoms with Gasteiger partial charge in [0, 0.05) is 43.6 Å². The predicted octanol–water partition coefficient (Wildman–Crippen LogP) is 2.57. The Labute approximate surface area is 151 Å². The molecule has 0 radical (unpaired) electrons. The zero-order chi connectivity index (χ0) is 18.3. The monoisotopic (exact) mass is 354 g/mol. The van der Waals surface area contributed by atoms with E-state index >= 15 is 0 Å². The molecule has 4 rings (SSSR count). The van der Waals surface area contributed by atoms with Crippen molar-refractivity contribution in [1.82, 2.24) is 19.7 Å². The highest BCUT2D eigenvalue weighted by molar-refractivity contribution is 5.99.